The van der Waals surface area contributed by atoms with Crippen LogP contribution in [-0.2, 0) is 61.6 Å². The van der Waals surface area contributed by atoms with Crippen molar-refractivity contribution in [1.29, 1.82) is 0 Å². The highest BCUT2D eigenvalue weighted by atomic mass is 16.8. The van der Waals surface area contributed by atoms with Crippen LogP contribution in [0.5, 0.6) is 0 Å². The minimum absolute atomic E-state index is 0.0321. The smallest absolute Gasteiger partial charge is 0.317 e. The molecule has 11 rings (SSSR count). The van der Waals surface area contributed by atoms with Crippen LogP contribution in [-0.4, -0.2) is 303 Å². The van der Waals surface area contributed by atoms with Crippen LogP contribution in [0.1, 0.15) is 127 Å². The molecule has 10 fully saturated rings. The van der Waals surface area contributed by atoms with Crippen molar-refractivity contribution in [3.63, 3.8) is 0 Å². The lowest BCUT2D eigenvalue weighted by molar-refractivity contribution is -0.382. The van der Waals surface area contributed by atoms with Gasteiger partial charge in [0.25, 0.3) is 0 Å². The van der Waals surface area contributed by atoms with Gasteiger partial charge in [-0.3, -0.25) is 4.79 Å². The highest BCUT2D eigenvalue weighted by molar-refractivity contribution is 5.80. The van der Waals surface area contributed by atoms with Gasteiger partial charge in [0, 0.05) is 5.92 Å². The molecule has 5 aliphatic carbocycles. The average molecular weight is 1380 g/mol. The van der Waals surface area contributed by atoms with Gasteiger partial charge in [0.15, 0.2) is 31.5 Å². The number of hydrogen-bond donors (Lipinski definition) is 17. The largest absolute Gasteiger partial charge is 0.432 e. The molecule has 0 aromatic heterocycles. The van der Waals surface area contributed by atoms with E-state index in [0.717, 1.165) is 18.4 Å². The van der Waals surface area contributed by atoms with Crippen LogP contribution in [0.3, 0.4) is 0 Å². The molecule has 0 amide bonds. The maximum Gasteiger partial charge on any atom is 0.317 e. The molecule has 30 nitrogen and oxygen atoms in total. The van der Waals surface area contributed by atoms with Crippen molar-refractivity contribution < 1.29 is 148 Å². The maximum absolute atomic E-state index is 15.4. The zero-order chi connectivity index (χ0) is 70.2. The van der Waals surface area contributed by atoms with Gasteiger partial charge in [0.1, 0.15) is 121 Å². The van der Waals surface area contributed by atoms with Crippen molar-refractivity contribution >= 4 is 5.97 Å². The van der Waals surface area contributed by atoms with Gasteiger partial charge in [0.2, 0.25) is 6.29 Å². The molecule has 6 saturated heterocycles. The molecule has 17 N–H and O–H groups in total. The van der Waals surface area contributed by atoms with Crippen molar-refractivity contribution in [3.8, 4) is 0 Å². The highest BCUT2D eigenvalue weighted by Crippen LogP contribution is 2.76. The molecule has 0 radical (unpaired) electrons. The molecule has 552 valence electrons. The number of fused-ring (bicyclic) bond motifs is 7. The molecule has 38 atom stereocenters. The zero-order valence-electron chi connectivity index (χ0n) is 56.3. The lowest BCUT2D eigenvalue weighted by Gasteiger charge is -2.71. The van der Waals surface area contributed by atoms with Gasteiger partial charge < -0.3 is 144 Å². The number of aliphatic hydroxyl groups excluding tert-OH is 17. The molecule has 6 aliphatic heterocycles. The Morgan fingerprint density at radius 3 is 1.76 bits per heavy atom. The van der Waals surface area contributed by atoms with E-state index in [2.05, 4.69) is 54.5 Å². The van der Waals surface area contributed by atoms with E-state index in [1.807, 2.05) is 0 Å². The summed E-state index contributed by atoms with van der Waals surface area (Å²) in [6.07, 6.45) is -39.4. The number of esters is 1. The predicted octanol–water partition coefficient (Wildman–Crippen LogP) is -3.45. The first kappa shape index (κ1) is 75.3. The summed E-state index contributed by atoms with van der Waals surface area (Å²) in [6, 6.07) is 0. The van der Waals surface area contributed by atoms with E-state index in [1.165, 1.54) is 6.92 Å². The number of allylic oxidation sites excluding steroid dienone is 2. The Morgan fingerprint density at radius 2 is 1.08 bits per heavy atom. The van der Waals surface area contributed by atoms with Crippen molar-refractivity contribution in [2.24, 2.45) is 56.2 Å². The summed E-state index contributed by atoms with van der Waals surface area (Å²) in [7, 11) is 0. The van der Waals surface area contributed by atoms with Crippen molar-refractivity contribution in [1.82, 2.24) is 0 Å². The lowest BCUT2D eigenvalue weighted by Crippen LogP contribution is -2.68. The molecule has 0 spiro atoms. The van der Waals surface area contributed by atoms with Gasteiger partial charge in [-0.1, -0.05) is 67.0 Å². The molecule has 6 heterocycles. The minimum Gasteiger partial charge on any atom is -0.432 e. The fourth-order valence-corrected chi connectivity index (χ4v) is 19.2. The van der Waals surface area contributed by atoms with E-state index in [4.69, 9.17) is 56.8 Å². The van der Waals surface area contributed by atoms with Gasteiger partial charge in [-0.05, 0) is 116 Å². The first-order valence-corrected chi connectivity index (χ1v) is 34.4. The number of carbonyl (C=O) groups is 1. The zero-order valence-corrected chi connectivity index (χ0v) is 56.3. The van der Waals surface area contributed by atoms with E-state index in [9.17, 15) is 86.8 Å². The Kier molecular flexibility index (Phi) is 21.9. The topological polar surface area (TPSA) is 472 Å². The highest BCUT2D eigenvalue weighted by Gasteiger charge is 2.72. The number of ether oxygens (including phenoxy) is 12. The van der Waals surface area contributed by atoms with Crippen molar-refractivity contribution in [2.45, 2.75) is 311 Å². The summed E-state index contributed by atoms with van der Waals surface area (Å²) >= 11 is 0. The molecule has 0 bridgehead atoms. The monoisotopic (exact) mass is 1380 g/mol. The van der Waals surface area contributed by atoms with Crippen LogP contribution in [0.15, 0.2) is 11.6 Å². The first-order chi connectivity index (χ1) is 44.9. The Labute approximate surface area is 558 Å². The van der Waals surface area contributed by atoms with Crippen molar-refractivity contribution in [3.05, 3.63) is 11.6 Å². The predicted molar refractivity (Wildman–Crippen MR) is 324 cm³/mol. The fraction of sp³-hybridized carbons (Fsp3) is 0.955. The van der Waals surface area contributed by atoms with Gasteiger partial charge >= 0.3 is 5.97 Å². The first-order valence-electron chi connectivity index (χ1n) is 34.4. The summed E-state index contributed by atoms with van der Waals surface area (Å²) in [6.45, 7) is 17.6. The maximum atomic E-state index is 15.4. The summed E-state index contributed by atoms with van der Waals surface area (Å²) in [5.74, 6) is -1.80. The SMILES string of the molecule is C[C@@H]1[C@@H](O)[C@@H](O)[C@H](O[C@H]2[C@H](O)[C@@H](O)[C@H](OC[C@H]3O[C@@H](OC(=O)[C@]45CCC(C)(C)C[C@H]4C4=CC[C@@H]6[C@@]7(C)CC[C@H](O[C@@H]8OC[C@H](O)[C@H](O)[C@H]8O[C@@H]8O[C@@H](C)[C@H](O)[C@@H](O[C@@H]9O[C@H](CO)[C@@H](O)[C@H](O)[C@H]9O)[C@H]8O)C(C)(C)[C@@H]7CC[C@@]6(C)[C@]4(C)C[C@H]5O)[C@H](O)[C@@H](O)[C@@H]3O)O[C@@H]2CO)O[C@H]1C. The van der Waals surface area contributed by atoms with Crippen molar-refractivity contribution in [2.75, 3.05) is 26.4 Å². The second-order valence-electron chi connectivity index (χ2n) is 31.9. The summed E-state index contributed by atoms with van der Waals surface area (Å²) in [4.78, 5) is 15.4. The van der Waals surface area contributed by atoms with Crippen LogP contribution in [0.25, 0.3) is 0 Å². The quantitative estimate of drug-likeness (QED) is 0.0431. The van der Waals surface area contributed by atoms with Gasteiger partial charge in [-0.15, -0.1) is 0 Å². The van der Waals surface area contributed by atoms with Crippen LogP contribution >= 0.6 is 0 Å². The second-order valence-corrected chi connectivity index (χ2v) is 31.9. The Bertz CT molecular complexity index is 2710. The molecular formula is C66H108O30. The molecule has 4 saturated carbocycles. The summed E-state index contributed by atoms with van der Waals surface area (Å²) < 4.78 is 71.8. The fourth-order valence-electron chi connectivity index (χ4n) is 19.2. The normalized spacial score (nSPS) is 54.9. The molecule has 0 aromatic carbocycles. The second kappa shape index (κ2) is 27.9. The van der Waals surface area contributed by atoms with Gasteiger partial charge in [-0.25, -0.2) is 0 Å². The molecule has 96 heavy (non-hydrogen) atoms. The molecular weight excluding hydrogens is 1270 g/mol. The molecule has 30 heteroatoms. The van der Waals surface area contributed by atoms with Crippen LogP contribution in [0.4, 0.5) is 0 Å². The van der Waals surface area contributed by atoms with Gasteiger partial charge in [-0.2, -0.15) is 0 Å². The summed E-state index contributed by atoms with van der Waals surface area (Å²) in [5, 5.41) is 188. The third-order valence-corrected chi connectivity index (χ3v) is 25.6. The van der Waals surface area contributed by atoms with Crippen LogP contribution in [0, 0.1) is 56.2 Å². The molecule has 11 aliphatic rings. The van der Waals surface area contributed by atoms with E-state index in [1.54, 1.807) is 13.8 Å². The van der Waals surface area contributed by atoms with Crippen LogP contribution in [0.2, 0.25) is 0 Å². The third-order valence-electron chi connectivity index (χ3n) is 25.6. The number of hydrogen-bond acceptors (Lipinski definition) is 30. The standard InChI is InChI=1S/C66H108O30/c1-25-26(2)87-55(46(79)38(25)71)93-51-32(22-68)90-54(49(82)45(51)78)86-24-33-42(75)44(77)48(81)57(91-33)96-60(84)66-18-17-61(4,5)19-29(66)28-11-12-35-63(8)15-14-37(62(6,7)34(63)13-16-64(35,9)65(28,10)20-36(66)70)92-59-53(40(73)30(69)23-85-59)95-58-50(83)52(39(72)27(3)88-58)94-56-47(80)43(76)41(74)31(21-67)89-56/h11,25-27,29-59,67-83H,12-24H2,1-10H3/t25-,26-,27-,29-,30-,31+,32+,33+,34-,35+,36+,37-,38+,39-,40-,41+,42+,43-,44-,45+,46+,47+,48+,49+,50+,51+,52+,53+,54+,55-,56-,57-,58-,59-,63-,64+,65+,66+/m0/s1. The number of carbonyl (C=O) groups excluding carboxylic acids is 1. The minimum atomic E-state index is -1.98. The van der Waals surface area contributed by atoms with E-state index in [-0.39, 0.29) is 42.1 Å². The summed E-state index contributed by atoms with van der Waals surface area (Å²) in [5.41, 5.74) is -2.81. The lowest BCUT2D eigenvalue weighted by atomic mass is 9.33. The van der Waals surface area contributed by atoms with E-state index in [0.29, 0.717) is 32.1 Å². The van der Waals surface area contributed by atoms with E-state index >= 15 is 4.79 Å². The number of aliphatic hydroxyl groups is 17. The number of rotatable bonds is 15. The Hall–Kier alpha value is -1.91. The average Bonchev–Trinajstić information content (AvgIpc) is 0.671. The Morgan fingerprint density at radius 1 is 0.510 bits per heavy atom. The van der Waals surface area contributed by atoms with Gasteiger partial charge in [0.05, 0.1) is 56.9 Å². The third kappa shape index (κ3) is 12.7. The molecule has 0 unspecified atom stereocenters. The molecule has 0 aromatic rings. The van der Waals surface area contributed by atoms with Crippen LogP contribution < -0.4 is 0 Å². The van der Waals surface area contributed by atoms with E-state index < -0.39 is 244 Å². The Balaban J connectivity index is 0.772.